The summed E-state index contributed by atoms with van der Waals surface area (Å²) in [6.07, 6.45) is 4.65. The summed E-state index contributed by atoms with van der Waals surface area (Å²) >= 11 is 2.08. The SMILES string of the molecule is N#Cc1ccc(C(=O)C2CC3CCC(C2)S3)cc1. The topological polar surface area (TPSA) is 40.9 Å². The lowest BCUT2D eigenvalue weighted by molar-refractivity contribution is 0.0907. The number of fused-ring (bicyclic) bond motifs is 2. The van der Waals surface area contributed by atoms with E-state index in [1.165, 1.54) is 12.8 Å². The Labute approximate surface area is 111 Å². The van der Waals surface area contributed by atoms with Gasteiger partial charge in [0.2, 0.25) is 0 Å². The fraction of sp³-hybridized carbons (Fsp3) is 0.467. The third kappa shape index (κ3) is 2.18. The maximum atomic E-state index is 12.4. The van der Waals surface area contributed by atoms with E-state index in [0.717, 1.165) is 18.4 Å². The number of rotatable bonds is 2. The second kappa shape index (κ2) is 4.78. The maximum absolute atomic E-state index is 12.4. The van der Waals surface area contributed by atoms with Crippen LogP contribution in [0.4, 0.5) is 0 Å². The largest absolute Gasteiger partial charge is 0.294 e. The number of nitriles is 1. The van der Waals surface area contributed by atoms with Crippen molar-refractivity contribution in [2.75, 3.05) is 0 Å². The summed E-state index contributed by atoms with van der Waals surface area (Å²) in [5.41, 5.74) is 1.39. The molecule has 3 rings (SSSR count). The summed E-state index contributed by atoms with van der Waals surface area (Å²) in [5, 5.41) is 10.2. The van der Waals surface area contributed by atoms with Crippen molar-refractivity contribution in [3.05, 3.63) is 35.4 Å². The van der Waals surface area contributed by atoms with Crippen LogP contribution in [0.2, 0.25) is 0 Å². The van der Waals surface area contributed by atoms with Crippen molar-refractivity contribution in [3.8, 4) is 6.07 Å². The first-order valence-electron chi connectivity index (χ1n) is 6.46. The van der Waals surface area contributed by atoms with Crippen LogP contribution in [-0.2, 0) is 0 Å². The molecule has 0 radical (unpaired) electrons. The average Bonchev–Trinajstić information content (AvgIpc) is 2.77. The third-order valence-corrected chi connectivity index (χ3v) is 5.59. The molecule has 0 N–H and O–H groups in total. The van der Waals surface area contributed by atoms with Crippen molar-refractivity contribution in [1.29, 1.82) is 5.26 Å². The molecule has 92 valence electrons. The highest BCUT2D eigenvalue weighted by molar-refractivity contribution is 8.00. The summed E-state index contributed by atoms with van der Waals surface area (Å²) in [5.74, 6) is 0.480. The number of carbonyl (C=O) groups is 1. The molecule has 2 aliphatic rings. The van der Waals surface area contributed by atoms with Crippen molar-refractivity contribution in [2.45, 2.75) is 36.2 Å². The van der Waals surface area contributed by atoms with E-state index in [-0.39, 0.29) is 11.7 Å². The van der Waals surface area contributed by atoms with Crippen LogP contribution < -0.4 is 0 Å². The standard InChI is InChI=1S/C15H15NOS/c16-9-10-1-3-11(4-2-10)15(17)12-7-13-5-6-14(8-12)18-13/h1-4,12-14H,5-8H2. The summed E-state index contributed by atoms with van der Waals surface area (Å²) in [6.45, 7) is 0. The number of nitrogens with zero attached hydrogens (tertiary/aromatic N) is 1. The van der Waals surface area contributed by atoms with Gasteiger partial charge in [0.15, 0.2) is 5.78 Å². The lowest BCUT2D eigenvalue weighted by Gasteiger charge is -2.26. The Kier molecular flexibility index (Phi) is 3.13. The van der Waals surface area contributed by atoms with Crippen molar-refractivity contribution in [3.63, 3.8) is 0 Å². The van der Waals surface area contributed by atoms with E-state index >= 15 is 0 Å². The first kappa shape index (κ1) is 11.8. The molecule has 0 saturated carbocycles. The maximum Gasteiger partial charge on any atom is 0.166 e. The number of benzene rings is 1. The van der Waals surface area contributed by atoms with Crippen molar-refractivity contribution in [2.24, 2.45) is 5.92 Å². The molecule has 2 fully saturated rings. The van der Waals surface area contributed by atoms with Gasteiger partial charge in [-0.15, -0.1) is 0 Å². The number of thioether (sulfide) groups is 1. The second-order valence-corrected chi connectivity index (χ2v) is 6.78. The minimum Gasteiger partial charge on any atom is -0.294 e. The highest BCUT2D eigenvalue weighted by atomic mass is 32.2. The second-order valence-electron chi connectivity index (χ2n) is 5.18. The highest BCUT2D eigenvalue weighted by Crippen LogP contribution is 2.46. The highest BCUT2D eigenvalue weighted by Gasteiger charge is 2.37. The van der Waals surface area contributed by atoms with E-state index < -0.39 is 0 Å². The van der Waals surface area contributed by atoms with Gasteiger partial charge < -0.3 is 0 Å². The van der Waals surface area contributed by atoms with E-state index in [0.29, 0.717) is 16.1 Å². The van der Waals surface area contributed by atoms with Crippen LogP contribution in [0, 0.1) is 17.2 Å². The van der Waals surface area contributed by atoms with E-state index in [2.05, 4.69) is 17.8 Å². The van der Waals surface area contributed by atoms with Gasteiger partial charge in [-0.2, -0.15) is 17.0 Å². The van der Waals surface area contributed by atoms with Crippen LogP contribution in [0.3, 0.4) is 0 Å². The van der Waals surface area contributed by atoms with Crippen molar-refractivity contribution >= 4 is 17.5 Å². The predicted octanol–water partition coefficient (Wildman–Crippen LogP) is 3.42. The molecule has 3 heteroatoms. The van der Waals surface area contributed by atoms with Crippen LogP contribution in [-0.4, -0.2) is 16.3 Å². The zero-order valence-corrected chi connectivity index (χ0v) is 11.0. The predicted molar refractivity (Wildman–Crippen MR) is 72.6 cm³/mol. The lowest BCUT2D eigenvalue weighted by atomic mass is 9.90. The van der Waals surface area contributed by atoms with Gasteiger partial charge in [-0.1, -0.05) is 12.1 Å². The lowest BCUT2D eigenvalue weighted by Crippen LogP contribution is -2.24. The van der Waals surface area contributed by atoms with Gasteiger partial charge in [0.1, 0.15) is 0 Å². The van der Waals surface area contributed by atoms with E-state index in [4.69, 9.17) is 5.26 Å². The Morgan fingerprint density at radius 1 is 1.17 bits per heavy atom. The summed E-state index contributed by atoms with van der Waals surface area (Å²) in [7, 11) is 0. The Hall–Kier alpha value is -1.27. The molecule has 2 bridgehead atoms. The van der Waals surface area contributed by atoms with Gasteiger partial charge in [-0.3, -0.25) is 4.79 Å². The van der Waals surface area contributed by atoms with Gasteiger partial charge in [0, 0.05) is 22.0 Å². The van der Waals surface area contributed by atoms with Crippen molar-refractivity contribution < 1.29 is 4.79 Å². The minimum atomic E-state index is 0.205. The number of ketones is 1. The molecule has 2 saturated heterocycles. The summed E-state index contributed by atoms with van der Waals surface area (Å²) in [6, 6.07) is 9.15. The molecule has 2 heterocycles. The van der Waals surface area contributed by atoms with Gasteiger partial charge in [0.25, 0.3) is 0 Å². The van der Waals surface area contributed by atoms with Crippen molar-refractivity contribution in [1.82, 2.24) is 0 Å². The van der Waals surface area contributed by atoms with Gasteiger partial charge in [-0.05, 0) is 37.8 Å². The van der Waals surface area contributed by atoms with Crippen LogP contribution >= 0.6 is 11.8 Å². The van der Waals surface area contributed by atoms with Crippen LogP contribution in [0.25, 0.3) is 0 Å². The summed E-state index contributed by atoms with van der Waals surface area (Å²) < 4.78 is 0. The van der Waals surface area contributed by atoms with Crippen LogP contribution in [0.15, 0.2) is 24.3 Å². The Balaban J connectivity index is 1.76. The van der Waals surface area contributed by atoms with E-state index in [1.807, 2.05) is 0 Å². The molecular weight excluding hydrogens is 242 g/mol. The average molecular weight is 257 g/mol. The normalized spacial score (nSPS) is 29.8. The molecule has 0 aromatic heterocycles. The van der Waals surface area contributed by atoms with Gasteiger partial charge in [0.05, 0.1) is 11.6 Å². The molecule has 1 aromatic rings. The van der Waals surface area contributed by atoms with Crippen LogP contribution in [0.5, 0.6) is 0 Å². The minimum absolute atomic E-state index is 0.205. The van der Waals surface area contributed by atoms with Gasteiger partial charge >= 0.3 is 0 Å². The summed E-state index contributed by atoms with van der Waals surface area (Å²) in [4.78, 5) is 12.4. The molecule has 18 heavy (non-hydrogen) atoms. The zero-order valence-electron chi connectivity index (χ0n) is 10.1. The zero-order chi connectivity index (χ0) is 12.5. The molecule has 2 atom stereocenters. The molecule has 1 aromatic carbocycles. The number of hydrogen-bond donors (Lipinski definition) is 0. The fourth-order valence-corrected chi connectivity index (χ4v) is 4.79. The quantitative estimate of drug-likeness (QED) is 0.762. The van der Waals surface area contributed by atoms with Gasteiger partial charge in [-0.25, -0.2) is 0 Å². The Bertz CT molecular complexity index is 490. The molecule has 2 aliphatic heterocycles. The Morgan fingerprint density at radius 3 is 2.33 bits per heavy atom. The molecule has 0 aliphatic carbocycles. The molecule has 2 nitrogen and oxygen atoms in total. The monoisotopic (exact) mass is 257 g/mol. The fourth-order valence-electron chi connectivity index (χ4n) is 3.02. The Morgan fingerprint density at radius 2 is 1.78 bits per heavy atom. The molecule has 0 amide bonds. The number of carbonyl (C=O) groups excluding carboxylic acids is 1. The molecular formula is C15H15NOS. The molecule has 0 spiro atoms. The van der Waals surface area contributed by atoms with E-state index in [1.54, 1.807) is 24.3 Å². The number of hydrogen-bond acceptors (Lipinski definition) is 3. The first-order valence-corrected chi connectivity index (χ1v) is 7.40. The molecule has 2 unspecified atom stereocenters. The smallest absolute Gasteiger partial charge is 0.166 e. The van der Waals surface area contributed by atoms with E-state index in [9.17, 15) is 4.79 Å². The first-order chi connectivity index (χ1) is 8.76. The third-order valence-electron chi connectivity index (χ3n) is 3.96. The van der Waals surface area contributed by atoms with Crippen LogP contribution in [0.1, 0.15) is 41.6 Å². The number of Topliss-reactive ketones (excluding diaryl/α,β-unsaturated/α-hetero) is 1.